The Morgan fingerprint density at radius 1 is 0.970 bits per heavy atom. The summed E-state index contributed by atoms with van der Waals surface area (Å²) < 4.78 is 0. The number of benzene rings is 1. The van der Waals surface area contributed by atoms with Crippen molar-refractivity contribution in [2.24, 2.45) is 0 Å². The molecule has 0 spiro atoms. The molecule has 1 aromatic carbocycles. The van der Waals surface area contributed by atoms with Gasteiger partial charge in [-0.25, -0.2) is 24.6 Å². The smallest absolute Gasteiger partial charge is 0.340 e. The summed E-state index contributed by atoms with van der Waals surface area (Å²) in [4.78, 5) is 37.5. The highest BCUT2D eigenvalue weighted by Crippen LogP contribution is 2.33. The standard InChI is InChI=1S/C26H26N4O3/c1-4-17(2)19-11-13-20(14-12-19)18(3)23-24(31)29(21-9-5-7-15-27-21)26(33)30(25(23)32)22-10-6-8-16-28-22/h5-17,24,31H,4H2,1-3H3/b23-18+. The fourth-order valence-corrected chi connectivity index (χ4v) is 3.87. The van der Waals surface area contributed by atoms with Crippen LogP contribution in [0.2, 0.25) is 0 Å². The molecule has 2 aromatic heterocycles. The van der Waals surface area contributed by atoms with Crippen molar-refractivity contribution in [1.82, 2.24) is 9.97 Å². The van der Waals surface area contributed by atoms with Gasteiger partial charge in [0.25, 0.3) is 5.91 Å². The first-order chi connectivity index (χ1) is 15.9. The van der Waals surface area contributed by atoms with Crippen LogP contribution in [-0.4, -0.2) is 33.2 Å². The van der Waals surface area contributed by atoms with E-state index >= 15 is 0 Å². The minimum absolute atomic E-state index is 0.0993. The number of rotatable bonds is 5. The highest BCUT2D eigenvalue weighted by Gasteiger charge is 2.45. The third-order valence-corrected chi connectivity index (χ3v) is 6.04. The minimum atomic E-state index is -1.49. The van der Waals surface area contributed by atoms with Gasteiger partial charge in [0.15, 0.2) is 6.23 Å². The van der Waals surface area contributed by atoms with Crippen LogP contribution in [0.5, 0.6) is 0 Å². The number of pyridine rings is 2. The molecule has 168 valence electrons. The van der Waals surface area contributed by atoms with Gasteiger partial charge in [-0.1, -0.05) is 50.2 Å². The van der Waals surface area contributed by atoms with Gasteiger partial charge in [-0.15, -0.1) is 0 Å². The van der Waals surface area contributed by atoms with E-state index in [0.29, 0.717) is 11.5 Å². The van der Waals surface area contributed by atoms with Gasteiger partial charge < -0.3 is 5.11 Å². The topological polar surface area (TPSA) is 86.6 Å². The number of urea groups is 1. The molecule has 2 atom stereocenters. The number of amides is 3. The molecular formula is C26H26N4O3. The molecule has 1 fully saturated rings. The summed E-state index contributed by atoms with van der Waals surface area (Å²) in [7, 11) is 0. The second-order valence-electron chi connectivity index (χ2n) is 8.01. The number of carbonyl (C=O) groups is 2. The van der Waals surface area contributed by atoms with Crippen LogP contribution in [0.15, 0.2) is 78.6 Å². The largest absolute Gasteiger partial charge is 0.369 e. The summed E-state index contributed by atoms with van der Waals surface area (Å²) in [6.07, 6.45) is 2.57. The van der Waals surface area contributed by atoms with Crippen molar-refractivity contribution in [3.05, 3.63) is 89.8 Å². The van der Waals surface area contributed by atoms with E-state index in [1.807, 2.05) is 24.3 Å². The highest BCUT2D eigenvalue weighted by molar-refractivity contribution is 6.29. The van der Waals surface area contributed by atoms with Crippen molar-refractivity contribution in [3.63, 3.8) is 0 Å². The SMILES string of the molecule is CCC(C)c1ccc(/C(C)=C2/C(=O)N(c3ccccn3)C(=O)N(c3ccccn3)C2O)cc1. The summed E-state index contributed by atoms with van der Waals surface area (Å²) in [6, 6.07) is 17.3. The quantitative estimate of drug-likeness (QED) is 0.576. The molecule has 7 heteroatoms. The fourth-order valence-electron chi connectivity index (χ4n) is 3.87. The fraction of sp³-hybridized carbons (Fsp3) is 0.231. The Hall–Kier alpha value is -3.84. The maximum atomic E-state index is 13.6. The third kappa shape index (κ3) is 4.15. The summed E-state index contributed by atoms with van der Waals surface area (Å²) >= 11 is 0. The van der Waals surface area contributed by atoms with E-state index in [2.05, 4.69) is 23.8 Å². The lowest BCUT2D eigenvalue weighted by Crippen LogP contribution is -2.59. The summed E-state index contributed by atoms with van der Waals surface area (Å²) in [6.45, 7) is 6.08. The maximum Gasteiger partial charge on any atom is 0.340 e. The van der Waals surface area contributed by atoms with Gasteiger partial charge >= 0.3 is 6.03 Å². The number of hydrogen-bond donors (Lipinski definition) is 1. The second-order valence-corrected chi connectivity index (χ2v) is 8.01. The Kier molecular flexibility index (Phi) is 6.33. The van der Waals surface area contributed by atoms with Gasteiger partial charge in [-0.05, 0) is 60.2 Å². The number of nitrogens with zero attached hydrogens (tertiary/aromatic N) is 4. The van der Waals surface area contributed by atoms with Crippen LogP contribution in [0, 0.1) is 0 Å². The lowest BCUT2D eigenvalue weighted by atomic mass is 9.93. The lowest BCUT2D eigenvalue weighted by molar-refractivity contribution is -0.115. The van der Waals surface area contributed by atoms with Crippen LogP contribution < -0.4 is 9.80 Å². The molecule has 7 nitrogen and oxygen atoms in total. The molecule has 33 heavy (non-hydrogen) atoms. The monoisotopic (exact) mass is 442 g/mol. The van der Waals surface area contributed by atoms with Crippen molar-refractivity contribution in [3.8, 4) is 0 Å². The first kappa shape index (κ1) is 22.4. The van der Waals surface area contributed by atoms with Crippen LogP contribution in [-0.2, 0) is 4.79 Å². The zero-order chi connectivity index (χ0) is 23.5. The number of hydrogen-bond acceptors (Lipinski definition) is 5. The first-order valence-electron chi connectivity index (χ1n) is 10.9. The van der Waals surface area contributed by atoms with Crippen LogP contribution >= 0.6 is 0 Å². The molecular weight excluding hydrogens is 416 g/mol. The Labute approximate surface area is 193 Å². The Balaban J connectivity index is 1.85. The van der Waals surface area contributed by atoms with Crippen molar-refractivity contribution in [2.45, 2.75) is 39.3 Å². The van der Waals surface area contributed by atoms with E-state index in [0.717, 1.165) is 21.8 Å². The molecule has 0 radical (unpaired) electrons. The number of anilines is 2. The van der Waals surface area contributed by atoms with Gasteiger partial charge in [-0.3, -0.25) is 4.79 Å². The van der Waals surface area contributed by atoms with E-state index in [4.69, 9.17) is 0 Å². The molecule has 1 aliphatic rings. The average molecular weight is 443 g/mol. The Morgan fingerprint density at radius 2 is 1.58 bits per heavy atom. The molecule has 0 saturated carbocycles. The number of aliphatic hydroxyl groups is 1. The first-order valence-corrected chi connectivity index (χ1v) is 10.9. The zero-order valence-corrected chi connectivity index (χ0v) is 18.8. The molecule has 1 N–H and O–H groups in total. The van der Waals surface area contributed by atoms with E-state index in [1.54, 1.807) is 43.3 Å². The second kappa shape index (κ2) is 9.34. The normalized spacial score (nSPS) is 19.0. The van der Waals surface area contributed by atoms with Crippen LogP contribution in [0.4, 0.5) is 16.4 Å². The summed E-state index contributed by atoms with van der Waals surface area (Å²) in [5.74, 6) is 0.228. The van der Waals surface area contributed by atoms with Gasteiger partial charge in [-0.2, -0.15) is 0 Å². The molecule has 0 aliphatic carbocycles. The summed E-state index contributed by atoms with van der Waals surface area (Å²) in [5, 5.41) is 11.2. The van der Waals surface area contributed by atoms with Gasteiger partial charge in [0.05, 0.1) is 5.57 Å². The third-order valence-electron chi connectivity index (χ3n) is 6.04. The predicted molar refractivity (Wildman–Crippen MR) is 128 cm³/mol. The Morgan fingerprint density at radius 3 is 2.12 bits per heavy atom. The molecule has 3 amide bonds. The number of allylic oxidation sites excluding steroid dienone is 1. The van der Waals surface area contributed by atoms with Crippen molar-refractivity contribution in [2.75, 3.05) is 9.80 Å². The molecule has 0 bridgehead atoms. The van der Waals surface area contributed by atoms with Crippen molar-refractivity contribution >= 4 is 29.1 Å². The van der Waals surface area contributed by atoms with Crippen LogP contribution in [0.1, 0.15) is 44.2 Å². The number of imide groups is 1. The highest BCUT2D eigenvalue weighted by atomic mass is 16.3. The van der Waals surface area contributed by atoms with Crippen LogP contribution in [0.25, 0.3) is 5.57 Å². The summed E-state index contributed by atoms with van der Waals surface area (Å²) in [5.41, 5.74) is 2.68. The molecule has 1 saturated heterocycles. The molecule has 4 rings (SSSR count). The number of carbonyl (C=O) groups excluding carboxylic acids is 2. The predicted octanol–water partition coefficient (Wildman–Crippen LogP) is 4.76. The van der Waals surface area contributed by atoms with Gasteiger partial charge in [0, 0.05) is 12.4 Å². The number of aliphatic hydroxyl groups excluding tert-OH is 1. The molecule has 1 aliphatic heterocycles. The molecule has 3 heterocycles. The number of aromatic nitrogens is 2. The van der Waals surface area contributed by atoms with Gasteiger partial charge in [0.1, 0.15) is 11.6 Å². The van der Waals surface area contributed by atoms with Crippen LogP contribution in [0.3, 0.4) is 0 Å². The van der Waals surface area contributed by atoms with Crippen molar-refractivity contribution in [1.29, 1.82) is 0 Å². The van der Waals surface area contributed by atoms with E-state index in [1.165, 1.54) is 18.0 Å². The lowest BCUT2D eigenvalue weighted by Gasteiger charge is -2.38. The Bertz CT molecular complexity index is 1180. The molecule has 3 aromatic rings. The van der Waals surface area contributed by atoms with E-state index in [-0.39, 0.29) is 17.2 Å². The average Bonchev–Trinajstić information content (AvgIpc) is 2.85. The van der Waals surface area contributed by atoms with Gasteiger partial charge in [0.2, 0.25) is 0 Å². The van der Waals surface area contributed by atoms with Crippen molar-refractivity contribution < 1.29 is 14.7 Å². The minimum Gasteiger partial charge on any atom is -0.369 e. The maximum absolute atomic E-state index is 13.6. The van der Waals surface area contributed by atoms with E-state index in [9.17, 15) is 14.7 Å². The van der Waals surface area contributed by atoms with E-state index < -0.39 is 18.2 Å². The molecule has 2 unspecified atom stereocenters. The zero-order valence-electron chi connectivity index (χ0n) is 18.8.